The Morgan fingerprint density at radius 1 is 0.884 bits per heavy atom. The van der Waals surface area contributed by atoms with Crippen molar-refractivity contribution in [2.75, 3.05) is 19.0 Å². The maximum absolute atomic E-state index is 7.17. The minimum Gasteiger partial charge on any atom is -0.347 e. The summed E-state index contributed by atoms with van der Waals surface area (Å²) >= 11 is 7.17. The quantitative estimate of drug-likeness (QED) is 0.281. The van der Waals surface area contributed by atoms with Crippen LogP contribution in [-0.4, -0.2) is 30.4 Å². The first kappa shape index (κ1) is 28.2. The average Bonchev–Trinajstić information content (AvgIpc) is 3.33. The molecule has 2 aliphatic carbocycles. The van der Waals surface area contributed by atoms with Gasteiger partial charge >= 0.3 is 0 Å². The van der Waals surface area contributed by atoms with E-state index < -0.39 is 0 Å². The van der Waals surface area contributed by atoms with Crippen LogP contribution in [-0.2, 0) is 5.41 Å². The molecule has 0 bridgehead atoms. The fourth-order valence-electron chi connectivity index (χ4n) is 8.39. The number of fused-ring (bicyclic) bond motifs is 5. The molecule has 0 amide bonds. The molecule has 0 N–H and O–H groups in total. The fourth-order valence-corrected chi connectivity index (χ4v) is 8.71. The highest BCUT2D eigenvalue weighted by Crippen LogP contribution is 2.50. The van der Waals surface area contributed by atoms with Gasteiger partial charge in [-0.25, -0.2) is 4.58 Å². The highest BCUT2D eigenvalue weighted by atomic mass is 35.5. The summed E-state index contributed by atoms with van der Waals surface area (Å²) in [6.45, 7) is 9.47. The van der Waals surface area contributed by atoms with Gasteiger partial charge in [-0.3, -0.25) is 0 Å². The third-order valence-electron chi connectivity index (χ3n) is 10.5. The molecule has 2 nitrogen and oxygen atoms in total. The molecule has 1 unspecified atom stereocenters. The van der Waals surface area contributed by atoms with Gasteiger partial charge < -0.3 is 4.90 Å². The summed E-state index contributed by atoms with van der Waals surface area (Å²) in [6.07, 6.45) is 15.8. The van der Waals surface area contributed by atoms with Gasteiger partial charge in [0.15, 0.2) is 11.8 Å². The fraction of sp³-hybridized carbons (Fsp3) is 0.325. The molecule has 1 atom stereocenters. The molecular formula is C40H42ClN2+. The Morgan fingerprint density at radius 3 is 2.49 bits per heavy atom. The van der Waals surface area contributed by atoms with Crippen LogP contribution < -0.4 is 15.3 Å². The number of benzene rings is 3. The first-order valence-electron chi connectivity index (χ1n) is 15.8. The van der Waals surface area contributed by atoms with Crippen LogP contribution in [0.1, 0.15) is 58.9 Å². The van der Waals surface area contributed by atoms with Crippen LogP contribution >= 0.6 is 11.6 Å². The van der Waals surface area contributed by atoms with E-state index >= 15 is 0 Å². The van der Waals surface area contributed by atoms with Crippen LogP contribution in [0.25, 0.3) is 22.4 Å². The summed E-state index contributed by atoms with van der Waals surface area (Å²) in [5, 5.41) is 6.33. The van der Waals surface area contributed by atoms with Crippen molar-refractivity contribution in [3.05, 3.63) is 123 Å². The van der Waals surface area contributed by atoms with E-state index in [2.05, 4.69) is 142 Å². The molecule has 3 heteroatoms. The van der Waals surface area contributed by atoms with E-state index in [4.69, 9.17) is 11.6 Å². The van der Waals surface area contributed by atoms with Crippen LogP contribution in [0.2, 0.25) is 0 Å². The topological polar surface area (TPSA) is 6.25 Å². The Labute approximate surface area is 261 Å². The molecule has 3 aromatic rings. The van der Waals surface area contributed by atoms with E-state index in [-0.39, 0.29) is 10.8 Å². The van der Waals surface area contributed by atoms with Gasteiger partial charge in [-0.05, 0) is 83.2 Å². The standard InChI is InChI=1S/C40H42ClN2/c1-39(2)34(42(5)32-22-18-26-12-7-9-16-30(26)36(32)39)24-20-28-14-11-15-29(38(28)41)21-25-35-40(3,4)37-31-17-10-8-13-27(31)19-23-33(37)43(35)6/h7-10,12-13,16-22,24-25,33H,11,14-15,23H2,1-6H3/q+1. The molecule has 218 valence electrons. The summed E-state index contributed by atoms with van der Waals surface area (Å²) < 4.78 is 2.50. The van der Waals surface area contributed by atoms with Gasteiger partial charge in [0.2, 0.25) is 0 Å². The third-order valence-corrected chi connectivity index (χ3v) is 11.0. The van der Waals surface area contributed by atoms with E-state index in [1.807, 2.05) is 0 Å². The van der Waals surface area contributed by atoms with Crippen molar-refractivity contribution in [3.63, 3.8) is 0 Å². The molecule has 4 aliphatic rings. The summed E-state index contributed by atoms with van der Waals surface area (Å²) in [7, 11) is 4.46. The number of nitrogens with zero attached hydrogens (tertiary/aromatic N) is 2. The summed E-state index contributed by atoms with van der Waals surface area (Å²) in [4.78, 5) is 2.36. The van der Waals surface area contributed by atoms with Gasteiger partial charge in [0.05, 0.1) is 5.41 Å². The monoisotopic (exact) mass is 585 g/mol. The molecule has 0 spiro atoms. The van der Waals surface area contributed by atoms with E-state index in [0.717, 1.165) is 30.7 Å². The van der Waals surface area contributed by atoms with Crippen LogP contribution in [0.4, 0.5) is 5.69 Å². The highest BCUT2D eigenvalue weighted by Gasteiger charge is 2.49. The third kappa shape index (κ3) is 4.32. The number of hydrogen-bond donors (Lipinski definition) is 0. The predicted molar refractivity (Wildman–Crippen MR) is 184 cm³/mol. The summed E-state index contributed by atoms with van der Waals surface area (Å²) in [5.74, 6) is 0. The normalized spacial score (nSPS) is 24.3. The number of halogens is 1. The van der Waals surface area contributed by atoms with E-state index in [9.17, 15) is 0 Å². The van der Waals surface area contributed by atoms with Gasteiger partial charge in [-0.15, -0.1) is 0 Å². The lowest BCUT2D eigenvalue weighted by molar-refractivity contribution is -0.515. The second kappa shape index (κ2) is 10.2. The zero-order valence-electron chi connectivity index (χ0n) is 26.3. The van der Waals surface area contributed by atoms with Gasteiger partial charge in [-0.1, -0.05) is 98.3 Å². The summed E-state index contributed by atoms with van der Waals surface area (Å²) in [6, 6.07) is 22.5. The van der Waals surface area contributed by atoms with Crippen molar-refractivity contribution in [2.24, 2.45) is 5.41 Å². The van der Waals surface area contributed by atoms with Crippen molar-refractivity contribution in [1.82, 2.24) is 0 Å². The number of rotatable bonds is 3. The number of likely N-dealkylation sites (N-methyl/N-ethyl adjacent to an activating group) is 1. The first-order chi connectivity index (χ1) is 20.6. The Balaban J connectivity index is 1.22. The molecule has 0 saturated carbocycles. The molecule has 0 aromatic heterocycles. The van der Waals surface area contributed by atoms with Crippen LogP contribution in [0.5, 0.6) is 0 Å². The molecule has 2 heterocycles. The smallest absolute Gasteiger partial charge is 0.186 e. The SMILES string of the molecule is CN1/C(=C/C=C2\CCCC(/C=C/C3=[N+](C)C4CC=c5ccccc5=C4C3(C)C)=C2Cl)C(C)(C)c2c1ccc1ccccc21. The zero-order valence-corrected chi connectivity index (χ0v) is 27.1. The molecule has 0 saturated heterocycles. The molecule has 43 heavy (non-hydrogen) atoms. The Morgan fingerprint density at radius 2 is 1.65 bits per heavy atom. The van der Waals surface area contributed by atoms with Crippen molar-refractivity contribution in [3.8, 4) is 0 Å². The Hall–Kier alpha value is -3.62. The number of hydrogen-bond acceptors (Lipinski definition) is 1. The second-order valence-electron chi connectivity index (χ2n) is 13.7. The van der Waals surface area contributed by atoms with Crippen molar-refractivity contribution in [2.45, 2.75) is 64.8 Å². The van der Waals surface area contributed by atoms with E-state index in [1.54, 1.807) is 5.57 Å². The number of anilines is 1. The summed E-state index contributed by atoms with van der Waals surface area (Å²) in [5.41, 5.74) is 9.26. The van der Waals surface area contributed by atoms with Crippen LogP contribution in [0.15, 0.2) is 107 Å². The van der Waals surface area contributed by atoms with Gasteiger partial charge in [0.1, 0.15) is 7.05 Å². The first-order valence-corrected chi connectivity index (χ1v) is 16.1. The Kier molecular flexibility index (Phi) is 6.71. The van der Waals surface area contributed by atoms with Crippen LogP contribution in [0, 0.1) is 5.41 Å². The molecular weight excluding hydrogens is 544 g/mol. The molecule has 0 fully saturated rings. The average molecular weight is 586 g/mol. The van der Waals surface area contributed by atoms with E-state index in [0.29, 0.717) is 6.04 Å². The molecule has 2 aliphatic heterocycles. The van der Waals surface area contributed by atoms with Gasteiger partial charge in [-0.2, -0.15) is 0 Å². The number of allylic oxidation sites excluding steroid dienone is 8. The maximum atomic E-state index is 7.17. The molecule has 3 aromatic carbocycles. The van der Waals surface area contributed by atoms with Crippen LogP contribution in [0.3, 0.4) is 0 Å². The molecule has 7 rings (SSSR count). The van der Waals surface area contributed by atoms with Gasteiger partial charge in [0, 0.05) is 46.9 Å². The van der Waals surface area contributed by atoms with Crippen molar-refractivity contribution >= 4 is 45.4 Å². The lowest BCUT2D eigenvalue weighted by atomic mass is 9.76. The van der Waals surface area contributed by atoms with Crippen molar-refractivity contribution in [1.29, 1.82) is 0 Å². The maximum Gasteiger partial charge on any atom is 0.186 e. The second-order valence-corrected chi connectivity index (χ2v) is 14.1. The predicted octanol–water partition coefficient (Wildman–Crippen LogP) is 8.14. The zero-order chi connectivity index (χ0) is 30.1. The largest absolute Gasteiger partial charge is 0.347 e. The van der Waals surface area contributed by atoms with Gasteiger partial charge in [0.25, 0.3) is 0 Å². The molecule has 0 radical (unpaired) electrons. The lowest BCUT2D eigenvalue weighted by Crippen LogP contribution is -2.39. The van der Waals surface area contributed by atoms with E-state index in [1.165, 1.54) is 55.0 Å². The minimum absolute atomic E-state index is 0.0388. The Bertz CT molecular complexity index is 1960. The van der Waals surface area contributed by atoms with Crippen molar-refractivity contribution < 1.29 is 4.58 Å². The lowest BCUT2D eigenvalue weighted by Gasteiger charge is -2.25. The minimum atomic E-state index is -0.102. The highest BCUT2D eigenvalue weighted by molar-refractivity contribution is 6.32.